The fourth-order valence-electron chi connectivity index (χ4n) is 0.943. The Morgan fingerprint density at radius 1 is 1.40 bits per heavy atom. The van der Waals surface area contributed by atoms with Gasteiger partial charge in [-0.2, -0.15) is 0 Å². The molecule has 0 unspecified atom stereocenters. The van der Waals surface area contributed by atoms with E-state index in [0.717, 1.165) is 0 Å². The summed E-state index contributed by atoms with van der Waals surface area (Å²) in [5, 5.41) is 8.94. The predicted octanol–water partition coefficient (Wildman–Crippen LogP) is 0.661. The lowest BCUT2D eigenvalue weighted by Gasteiger charge is -2.08. The van der Waals surface area contributed by atoms with E-state index in [0.29, 0.717) is 19.3 Å². The van der Waals surface area contributed by atoms with E-state index in [2.05, 4.69) is 0 Å². The maximum absolute atomic E-state index is 10.8. The number of aliphatic hydroxyl groups is 1. The summed E-state index contributed by atoms with van der Waals surface area (Å²) in [6.07, 6.45) is 2.85. The minimum atomic E-state index is -0.293. The van der Waals surface area contributed by atoms with Crippen LogP contribution in [0.1, 0.15) is 19.3 Å². The molecule has 0 aliphatic heterocycles. The molecule has 0 saturated heterocycles. The second-order valence-electron chi connectivity index (χ2n) is 2.20. The van der Waals surface area contributed by atoms with Crippen LogP contribution in [0.15, 0.2) is 11.3 Å². The van der Waals surface area contributed by atoms with Crippen molar-refractivity contribution in [2.24, 2.45) is 0 Å². The van der Waals surface area contributed by atoms with Crippen LogP contribution in [0.25, 0.3) is 0 Å². The molecule has 10 heavy (non-hydrogen) atoms. The van der Waals surface area contributed by atoms with E-state index in [1.165, 1.54) is 6.29 Å². The Morgan fingerprint density at radius 2 is 2.10 bits per heavy atom. The van der Waals surface area contributed by atoms with Gasteiger partial charge in [0.2, 0.25) is 6.29 Å². The Labute approximate surface area is 58.4 Å². The van der Waals surface area contributed by atoms with E-state index in [1.54, 1.807) is 0 Å². The molecule has 0 bridgehead atoms. The number of carbonyl (C=O) groups excluding carboxylic acids is 2. The minimum absolute atomic E-state index is 0.105. The lowest BCUT2D eigenvalue weighted by molar-refractivity contribution is -0.115. The Bertz CT molecular complexity index is 203. The fraction of sp³-hybridized carbons (Fsp3) is 0.429. The second kappa shape index (κ2) is 2.64. The standard InChI is InChI=1S/C7H7O3/c8-4-5-6(9)2-1-3-7(5)10/h9H,1-3H2. The zero-order valence-electron chi connectivity index (χ0n) is 5.39. The van der Waals surface area contributed by atoms with Crippen molar-refractivity contribution in [3.05, 3.63) is 11.3 Å². The highest BCUT2D eigenvalue weighted by Gasteiger charge is 2.19. The third kappa shape index (κ3) is 1.07. The zero-order valence-corrected chi connectivity index (χ0v) is 5.39. The molecule has 0 aromatic carbocycles. The highest BCUT2D eigenvalue weighted by molar-refractivity contribution is 6.12. The van der Waals surface area contributed by atoms with Crippen molar-refractivity contribution >= 4 is 12.1 Å². The number of aliphatic hydroxyl groups excluding tert-OH is 1. The highest BCUT2D eigenvalue weighted by Crippen LogP contribution is 2.17. The van der Waals surface area contributed by atoms with Gasteiger partial charge in [0.1, 0.15) is 11.3 Å². The van der Waals surface area contributed by atoms with Gasteiger partial charge in [-0.15, -0.1) is 0 Å². The maximum Gasteiger partial charge on any atom is 0.240 e. The molecule has 53 valence electrons. The molecule has 0 saturated carbocycles. The molecule has 3 heteroatoms. The summed E-state index contributed by atoms with van der Waals surface area (Å²) < 4.78 is 0. The molecule has 1 rings (SSSR count). The fourth-order valence-corrected chi connectivity index (χ4v) is 0.943. The topological polar surface area (TPSA) is 54.4 Å². The largest absolute Gasteiger partial charge is 0.511 e. The smallest absolute Gasteiger partial charge is 0.240 e. The lowest BCUT2D eigenvalue weighted by Crippen LogP contribution is -2.12. The van der Waals surface area contributed by atoms with Crippen molar-refractivity contribution in [3.63, 3.8) is 0 Å². The molecule has 0 fully saturated rings. The van der Waals surface area contributed by atoms with E-state index < -0.39 is 0 Å². The van der Waals surface area contributed by atoms with Crippen LogP contribution in [0.3, 0.4) is 0 Å². The molecule has 0 heterocycles. The number of rotatable bonds is 1. The second-order valence-corrected chi connectivity index (χ2v) is 2.20. The summed E-state index contributed by atoms with van der Waals surface area (Å²) in [5.74, 6) is -0.398. The third-order valence-corrected chi connectivity index (χ3v) is 1.49. The van der Waals surface area contributed by atoms with Gasteiger partial charge < -0.3 is 5.11 Å². The van der Waals surface area contributed by atoms with Crippen molar-refractivity contribution in [2.75, 3.05) is 0 Å². The van der Waals surface area contributed by atoms with Gasteiger partial charge in [0.05, 0.1) is 0 Å². The molecule has 1 aliphatic rings. The first-order valence-electron chi connectivity index (χ1n) is 3.09. The van der Waals surface area contributed by atoms with Gasteiger partial charge >= 0.3 is 0 Å². The van der Waals surface area contributed by atoms with E-state index in [4.69, 9.17) is 5.11 Å². The Morgan fingerprint density at radius 3 is 2.50 bits per heavy atom. The summed E-state index contributed by atoms with van der Waals surface area (Å²) >= 11 is 0. The first-order chi connectivity index (χ1) is 4.75. The van der Waals surface area contributed by atoms with Crippen LogP contribution in [0, 0.1) is 0 Å². The van der Waals surface area contributed by atoms with E-state index in [1.807, 2.05) is 0 Å². The summed E-state index contributed by atoms with van der Waals surface area (Å²) in [5.41, 5.74) is -0.161. The summed E-state index contributed by atoms with van der Waals surface area (Å²) in [6.45, 7) is 0. The molecule has 0 amide bonds. The molecule has 0 spiro atoms. The molecule has 1 aliphatic carbocycles. The van der Waals surface area contributed by atoms with Crippen molar-refractivity contribution in [1.82, 2.24) is 0 Å². The van der Waals surface area contributed by atoms with Crippen molar-refractivity contribution in [3.8, 4) is 0 Å². The number of carbonyl (C=O) groups is 1. The van der Waals surface area contributed by atoms with E-state index >= 15 is 0 Å². The van der Waals surface area contributed by atoms with E-state index in [-0.39, 0.29) is 17.1 Å². The molecular weight excluding hydrogens is 132 g/mol. The van der Waals surface area contributed by atoms with Gasteiger partial charge in [0, 0.05) is 12.8 Å². The average Bonchev–Trinajstić information content (AvgIpc) is 1.88. The van der Waals surface area contributed by atoms with Crippen LogP contribution in [-0.2, 0) is 9.59 Å². The van der Waals surface area contributed by atoms with Crippen molar-refractivity contribution < 1.29 is 14.7 Å². The summed E-state index contributed by atoms with van der Waals surface area (Å²) in [7, 11) is 0. The van der Waals surface area contributed by atoms with Crippen LogP contribution in [-0.4, -0.2) is 17.2 Å². The van der Waals surface area contributed by atoms with Crippen molar-refractivity contribution in [1.29, 1.82) is 0 Å². The molecule has 0 aromatic heterocycles. The first kappa shape index (κ1) is 6.99. The van der Waals surface area contributed by atoms with Gasteiger partial charge in [-0.3, -0.25) is 9.59 Å². The number of Topliss-reactive ketones (excluding diaryl/α,β-unsaturated/α-hetero) is 1. The Kier molecular flexibility index (Phi) is 1.85. The van der Waals surface area contributed by atoms with Crippen LogP contribution < -0.4 is 0 Å². The first-order valence-corrected chi connectivity index (χ1v) is 3.09. The number of hydrogen-bond acceptors (Lipinski definition) is 3. The van der Waals surface area contributed by atoms with Crippen LogP contribution in [0.5, 0.6) is 0 Å². The molecule has 0 atom stereocenters. The van der Waals surface area contributed by atoms with Crippen molar-refractivity contribution in [2.45, 2.75) is 19.3 Å². The number of ketones is 1. The molecule has 1 radical (unpaired) electrons. The summed E-state index contributed by atoms with van der Waals surface area (Å²) in [4.78, 5) is 20.8. The van der Waals surface area contributed by atoms with Gasteiger partial charge in [-0.05, 0) is 6.42 Å². The molecular formula is C7H7O3. The third-order valence-electron chi connectivity index (χ3n) is 1.49. The maximum atomic E-state index is 10.8. The normalized spacial score (nSPS) is 19.4. The van der Waals surface area contributed by atoms with Gasteiger partial charge in [0.25, 0.3) is 0 Å². The SMILES string of the molecule is O=[C]C1=C(O)CCCC1=O. The monoisotopic (exact) mass is 139 g/mol. The lowest BCUT2D eigenvalue weighted by atomic mass is 9.97. The quantitative estimate of drug-likeness (QED) is 0.543. The van der Waals surface area contributed by atoms with Crippen LogP contribution in [0.4, 0.5) is 0 Å². The zero-order chi connectivity index (χ0) is 7.56. The Balaban J connectivity index is 2.94. The highest BCUT2D eigenvalue weighted by atomic mass is 16.3. The van der Waals surface area contributed by atoms with Gasteiger partial charge in [-0.1, -0.05) is 0 Å². The molecule has 1 N–H and O–H groups in total. The average molecular weight is 139 g/mol. The predicted molar refractivity (Wildman–Crippen MR) is 34.2 cm³/mol. The van der Waals surface area contributed by atoms with Crippen LogP contribution >= 0.6 is 0 Å². The molecule has 0 aromatic rings. The van der Waals surface area contributed by atoms with E-state index in [9.17, 15) is 9.59 Å². The minimum Gasteiger partial charge on any atom is -0.511 e. The summed E-state index contributed by atoms with van der Waals surface area (Å²) in [6, 6.07) is 0. The Hall–Kier alpha value is -1.12. The molecule has 3 nitrogen and oxygen atoms in total. The number of allylic oxidation sites excluding steroid dienone is 2. The number of hydrogen-bond donors (Lipinski definition) is 1. The van der Waals surface area contributed by atoms with Crippen LogP contribution in [0.2, 0.25) is 0 Å². The van der Waals surface area contributed by atoms with Gasteiger partial charge in [0.15, 0.2) is 5.78 Å². The van der Waals surface area contributed by atoms with Gasteiger partial charge in [-0.25, -0.2) is 0 Å².